The number of nitrogens with one attached hydrogen (secondary N) is 2. The van der Waals surface area contributed by atoms with Crippen LogP contribution in [0.25, 0.3) is 0 Å². The van der Waals surface area contributed by atoms with Crippen LogP contribution in [0.3, 0.4) is 0 Å². The monoisotopic (exact) mass is 412 g/mol. The van der Waals surface area contributed by atoms with E-state index in [2.05, 4.69) is 41.4 Å². The van der Waals surface area contributed by atoms with Gasteiger partial charge in [-0.25, -0.2) is 9.97 Å². The molecule has 8 nitrogen and oxygen atoms in total. The highest BCUT2D eigenvalue weighted by atomic mass is 16.6. The molecule has 0 spiro atoms. The molecule has 30 heavy (non-hydrogen) atoms. The maximum atomic E-state index is 12.3. The van der Waals surface area contributed by atoms with E-state index in [9.17, 15) is 4.79 Å². The van der Waals surface area contributed by atoms with Crippen molar-refractivity contribution >= 4 is 11.9 Å². The average molecular weight is 412 g/mol. The van der Waals surface area contributed by atoms with Crippen LogP contribution in [-0.4, -0.2) is 60.0 Å². The first-order chi connectivity index (χ1) is 14.4. The molecule has 160 valence electrons. The number of ether oxygens (including phenoxy) is 3. The number of aromatic nitrogens is 2. The van der Waals surface area contributed by atoms with E-state index in [1.165, 1.54) is 0 Å². The second-order valence-corrected chi connectivity index (χ2v) is 8.64. The minimum atomic E-state index is -0.214. The van der Waals surface area contributed by atoms with E-state index in [4.69, 9.17) is 14.2 Å². The molecule has 0 bridgehead atoms. The summed E-state index contributed by atoms with van der Waals surface area (Å²) in [4.78, 5) is 21.2. The molecule has 4 rings (SSSR count). The van der Waals surface area contributed by atoms with Gasteiger partial charge in [-0.3, -0.25) is 4.79 Å². The van der Waals surface area contributed by atoms with Crippen molar-refractivity contribution < 1.29 is 19.0 Å². The third kappa shape index (κ3) is 4.71. The lowest BCUT2D eigenvalue weighted by Crippen LogP contribution is -2.46. The van der Waals surface area contributed by atoms with Gasteiger partial charge in [0.25, 0.3) is 5.91 Å². The first-order valence-electron chi connectivity index (χ1n) is 10.2. The van der Waals surface area contributed by atoms with Crippen molar-refractivity contribution in [1.82, 2.24) is 15.3 Å². The molecule has 2 aliphatic heterocycles. The molecule has 1 aromatic heterocycles. The Balaban J connectivity index is 1.31. The van der Waals surface area contributed by atoms with Gasteiger partial charge in [0.05, 0.1) is 31.0 Å². The van der Waals surface area contributed by atoms with E-state index < -0.39 is 0 Å². The van der Waals surface area contributed by atoms with E-state index in [0.717, 1.165) is 5.69 Å². The summed E-state index contributed by atoms with van der Waals surface area (Å²) in [7, 11) is 0. The fourth-order valence-corrected chi connectivity index (χ4v) is 3.67. The Kier molecular flexibility index (Phi) is 5.87. The van der Waals surface area contributed by atoms with Crippen molar-refractivity contribution in [2.24, 2.45) is 0 Å². The maximum absolute atomic E-state index is 12.3. The Morgan fingerprint density at radius 3 is 2.53 bits per heavy atom. The van der Waals surface area contributed by atoms with Gasteiger partial charge in [0.2, 0.25) is 5.95 Å². The fourth-order valence-electron chi connectivity index (χ4n) is 3.67. The number of carbonyl (C=O) groups is 1. The molecule has 0 unspecified atom stereocenters. The van der Waals surface area contributed by atoms with Gasteiger partial charge in [0, 0.05) is 11.6 Å². The molecule has 0 saturated carbocycles. The normalized spacial score (nSPS) is 25.6. The molecule has 1 amide bonds. The zero-order valence-electron chi connectivity index (χ0n) is 17.5. The van der Waals surface area contributed by atoms with Gasteiger partial charge in [0.1, 0.15) is 18.0 Å². The summed E-state index contributed by atoms with van der Waals surface area (Å²) in [6.45, 7) is 7.15. The molecule has 2 aliphatic rings. The van der Waals surface area contributed by atoms with Gasteiger partial charge >= 0.3 is 0 Å². The van der Waals surface area contributed by atoms with Crippen LogP contribution >= 0.6 is 0 Å². The van der Waals surface area contributed by atoms with E-state index in [0.29, 0.717) is 24.9 Å². The highest BCUT2D eigenvalue weighted by molar-refractivity contribution is 5.78. The molecule has 2 N–H and O–H groups in total. The van der Waals surface area contributed by atoms with Gasteiger partial charge in [-0.1, -0.05) is 39.0 Å². The zero-order valence-corrected chi connectivity index (χ0v) is 17.5. The minimum absolute atomic E-state index is 0.0486. The van der Waals surface area contributed by atoms with Gasteiger partial charge in [-0.15, -0.1) is 0 Å². The quantitative estimate of drug-likeness (QED) is 0.748. The molecule has 1 aromatic carbocycles. The Hall–Kier alpha value is -2.71. The molecule has 0 aliphatic carbocycles. The summed E-state index contributed by atoms with van der Waals surface area (Å²) in [5.41, 5.74) is 0.904. The predicted octanol–water partition coefficient (Wildman–Crippen LogP) is 1.92. The Morgan fingerprint density at radius 1 is 1.10 bits per heavy atom. The third-order valence-corrected chi connectivity index (χ3v) is 5.25. The molecule has 8 heteroatoms. The molecular weight excluding hydrogens is 384 g/mol. The Labute approximate surface area is 176 Å². The molecule has 0 radical (unpaired) electrons. The average Bonchev–Trinajstić information content (AvgIpc) is 3.30. The standard InChI is InChI=1S/C22H28N4O4/c1-22(2,3)17-9-10-23-21(26-17)25-16-12-30-19-15(11-29-20(16)19)24-18(27)13-28-14-7-5-4-6-8-14/h4-10,15-16,19-20H,11-13H2,1-3H3,(H,24,27)(H,23,25,26)/t15-,16+,19-,20+/m0/s1. The summed E-state index contributed by atoms with van der Waals surface area (Å²) >= 11 is 0. The Morgan fingerprint density at radius 2 is 1.80 bits per heavy atom. The van der Waals surface area contributed by atoms with Crippen molar-refractivity contribution in [3.63, 3.8) is 0 Å². The van der Waals surface area contributed by atoms with E-state index >= 15 is 0 Å². The van der Waals surface area contributed by atoms with Gasteiger partial charge in [-0.2, -0.15) is 0 Å². The van der Waals surface area contributed by atoms with Crippen LogP contribution in [0.2, 0.25) is 0 Å². The molecular formula is C22H28N4O4. The number of hydrogen-bond donors (Lipinski definition) is 2. The van der Waals surface area contributed by atoms with Crippen LogP contribution in [0.5, 0.6) is 5.75 Å². The number of fused-ring (bicyclic) bond motifs is 1. The SMILES string of the molecule is CC(C)(C)c1ccnc(N[C@@H]2CO[C@@H]3[C@@H]2OC[C@@H]3NC(=O)COc2ccccc2)n1. The number of rotatable bonds is 6. The van der Waals surface area contributed by atoms with Gasteiger partial charge in [-0.05, 0) is 18.2 Å². The molecule has 4 atom stereocenters. The van der Waals surface area contributed by atoms with Crippen LogP contribution in [0.4, 0.5) is 5.95 Å². The van der Waals surface area contributed by atoms with Crippen LogP contribution in [0, 0.1) is 0 Å². The van der Waals surface area contributed by atoms with E-state index in [1.54, 1.807) is 6.20 Å². The summed E-state index contributed by atoms with van der Waals surface area (Å²) in [6.07, 6.45) is 1.37. The number of carbonyl (C=O) groups excluding carboxylic acids is 1. The number of benzene rings is 1. The van der Waals surface area contributed by atoms with Crippen molar-refractivity contribution in [3.05, 3.63) is 48.3 Å². The van der Waals surface area contributed by atoms with Crippen molar-refractivity contribution in [3.8, 4) is 5.75 Å². The smallest absolute Gasteiger partial charge is 0.258 e. The van der Waals surface area contributed by atoms with E-state index in [1.807, 2.05) is 36.4 Å². The Bertz CT molecular complexity index is 871. The minimum Gasteiger partial charge on any atom is -0.484 e. The van der Waals surface area contributed by atoms with Crippen LogP contribution in [0.15, 0.2) is 42.6 Å². The highest BCUT2D eigenvalue weighted by Crippen LogP contribution is 2.29. The highest BCUT2D eigenvalue weighted by Gasteiger charge is 2.48. The number of amides is 1. The predicted molar refractivity (Wildman–Crippen MR) is 111 cm³/mol. The first-order valence-corrected chi connectivity index (χ1v) is 10.2. The summed E-state index contributed by atoms with van der Waals surface area (Å²) < 4.78 is 17.4. The number of anilines is 1. The molecule has 3 heterocycles. The maximum Gasteiger partial charge on any atom is 0.258 e. The van der Waals surface area contributed by atoms with Crippen molar-refractivity contribution in [2.75, 3.05) is 25.1 Å². The number of hydrogen-bond acceptors (Lipinski definition) is 7. The van der Waals surface area contributed by atoms with Crippen molar-refractivity contribution in [1.29, 1.82) is 0 Å². The fraction of sp³-hybridized carbons (Fsp3) is 0.500. The molecule has 2 aromatic rings. The van der Waals surface area contributed by atoms with E-state index in [-0.39, 0.29) is 42.2 Å². The molecule has 2 fully saturated rings. The van der Waals surface area contributed by atoms with Crippen LogP contribution in [-0.2, 0) is 19.7 Å². The largest absolute Gasteiger partial charge is 0.484 e. The van der Waals surface area contributed by atoms with Crippen LogP contribution in [0.1, 0.15) is 26.5 Å². The second-order valence-electron chi connectivity index (χ2n) is 8.64. The summed E-state index contributed by atoms with van der Waals surface area (Å²) in [6, 6.07) is 10.9. The lowest BCUT2D eigenvalue weighted by atomic mass is 9.92. The van der Waals surface area contributed by atoms with Crippen LogP contribution < -0.4 is 15.4 Å². The molecule has 2 saturated heterocycles. The topological polar surface area (TPSA) is 94.6 Å². The number of para-hydroxylation sites is 1. The second kappa shape index (κ2) is 8.57. The lowest BCUT2D eigenvalue weighted by molar-refractivity contribution is -0.124. The zero-order chi connectivity index (χ0) is 21.1. The third-order valence-electron chi connectivity index (χ3n) is 5.25. The van der Waals surface area contributed by atoms with Crippen molar-refractivity contribution in [2.45, 2.75) is 50.5 Å². The first kappa shape index (κ1) is 20.6. The van der Waals surface area contributed by atoms with Gasteiger partial charge in [0.15, 0.2) is 6.61 Å². The number of nitrogens with zero attached hydrogens (tertiary/aromatic N) is 2. The summed E-state index contributed by atoms with van der Waals surface area (Å²) in [5.74, 6) is 1.02. The lowest BCUT2D eigenvalue weighted by Gasteiger charge is -2.21. The van der Waals surface area contributed by atoms with Gasteiger partial charge < -0.3 is 24.8 Å². The summed E-state index contributed by atoms with van der Waals surface area (Å²) in [5, 5.41) is 6.30.